The third-order valence-corrected chi connectivity index (χ3v) is 2.64. The van der Waals surface area contributed by atoms with Crippen LogP contribution in [-0.2, 0) is 0 Å². The molecule has 0 bridgehead atoms. The highest BCUT2D eigenvalue weighted by molar-refractivity contribution is 5.15. The minimum Gasteiger partial charge on any atom is -0.401 e. The van der Waals surface area contributed by atoms with Crippen LogP contribution in [0.1, 0.15) is 47.0 Å². The van der Waals surface area contributed by atoms with Crippen molar-refractivity contribution in [2.24, 2.45) is 5.73 Å². The van der Waals surface area contributed by atoms with Gasteiger partial charge in [0.25, 0.3) is 0 Å². The highest BCUT2D eigenvalue weighted by Crippen LogP contribution is 2.23. The Morgan fingerprint density at radius 2 is 1.81 bits per heavy atom. The fourth-order valence-electron chi connectivity index (χ4n) is 1.96. The molecule has 0 unspecified atom stereocenters. The molecule has 1 aliphatic rings. The van der Waals surface area contributed by atoms with Crippen LogP contribution in [0.2, 0.25) is 0 Å². The van der Waals surface area contributed by atoms with Gasteiger partial charge in [0.2, 0.25) is 0 Å². The van der Waals surface area contributed by atoms with Gasteiger partial charge in [-0.3, -0.25) is 0 Å². The summed E-state index contributed by atoms with van der Waals surface area (Å²) in [6, 6.07) is 0.457. The largest absolute Gasteiger partial charge is 0.401 e. The molecule has 0 amide bonds. The summed E-state index contributed by atoms with van der Waals surface area (Å²) in [6.07, 6.45) is 3.33. The average molecular weight is 227 g/mol. The summed E-state index contributed by atoms with van der Waals surface area (Å²) in [5, 5.41) is 6.86. The van der Waals surface area contributed by atoms with Crippen molar-refractivity contribution in [1.82, 2.24) is 10.6 Å². The van der Waals surface area contributed by atoms with Crippen molar-refractivity contribution in [3.8, 4) is 0 Å². The van der Waals surface area contributed by atoms with Gasteiger partial charge < -0.3 is 16.4 Å². The van der Waals surface area contributed by atoms with Gasteiger partial charge in [-0.25, -0.2) is 0 Å². The van der Waals surface area contributed by atoms with Crippen molar-refractivity contribution >= 4 is 0 Å². The maximum atomic E-state index is 5.87. The fraction of sp³-hybridized carbons (Fsp3) is 0.846. The third-order valence-electron chi connectivity index (χ3n) is 2.64. The maximum absolute atomic E-state index is 5.87. The van der Waals surface area contributed by atoms with Crippen LogP contribution in [0.15, 0.2) is 12.3 Å². The summed E-state index contributed by atoms with van der Waals surface area (Å²) in [6.45, 7) is 14.5. The lowest BCUT2D eigenvalue weighted by Gasteiger charge is -2.40. The highest BCUT2D eigenvalue weighted by Gasteiger charge is 2.33. The van der Waals surface area contributed by atoms with E-state index in [9.17, 15) is 0 Å². The van der Waals surface area contributed by atoms with E-state index in [2.05, 4.69) is 44.9 Å². The van der Waals surface area contributed by atoms with E-state index in [-0.39, 0.29) is 5.54 Å². The summed E-state index contributed by atoms with van der Waals surface area (Å²) < 4.78 is 0. The summed E-state index contributed by atoms with van der Waals surface area (Å²) in [5.74, 6) is 0. The molecule has 0 radical (unpaired) electrons. The topological polar surface area (TPSA) is 50.1 Å². The van der Waals surface area contributed by atoms with Crippen molar-refractivity contribution < 1.29 is 0 Å². The van der Waals surface area contributed by atoms with E-state index in [0.29, 0.717) is 6.04 Å². The summed E-state index contributed by atoms with van der Waals surface area (Å²) in [7, 11) is 0. The minimum atomic E-state index is -0.0284. The molecule has 1 aliphatic heterocycles. The Hall–Kier alpha value is -0.540. The first-order valence-electron chi connectivity index (χ1n) is 6.41. The van der Waals surface area contributed by atoms with Gasteiger partial charge in [-0.05, 0) is 39.8 Å². The molecular weight excluding hydrogens is 198 g/mol. The smallest absolute Gasteiger partial charge is 0.0601 e. The fourth-order valence-corrected chi connectivity index (χ4v) is 1.96. The number of hydrogen-bond acceptors (Lipinski definition) is 3. The van der Waals surface area contributed by atoms with Crippen LogP contribution in [0.25, 0.3) is 0 Å². The molecule has 4 N–H and O–H groups in total. The molecule has 1 heterocycles. The molecule has 0 saturated carbocycles. The lowest BCUT2D eigenvalue weighted by molar-refractivity contribution is 0.266. The zero-order valence-corrected chi connectivity index (χ0v) is 11.4. The number of nitrogens with one attached hydrogen (secondary N) is 2. The van der Waals surface area contributed by atoms with E-state index in [1.807, 2.05) is 0 Å². The quantitative estimate of drug-likeness (QED) is 0.691. The third kappa shape index (κ3) is 4.99. The Bertz CT molecular complexity index is 193. The SMILES string of the molecule is C=C(N)C1(NC(C)C)CCNCC1.CCC. The molecule has 96 valence electrons. The molecule has 0 aromatic carbocycles. The van der Waals surface area contributed by atoms with Crippen LogP contribution >= 0.6 is 0 Å². The number of piperidine rings is 1. The maximum Gasteiger partial charge on any atom is 0.0601 e. The van der Waals surface area contributed by atoms with E-state index < -0.39 is 0 Å². The molecule has 0 atom stereocenters. The summed E-state index contributed by atoms with van der Waals surface area (Å²) >= 11 is 0. The van der Waals surface area contributed by atoms with Gasteiger partial charge >= 0.3 is 0 Å². The lowest BCUT2D eigenvalue weighted by atomic mass is 9.85. The Kier molecular flexibility index (Phi) is 7.43. The van der Waals surface area contributed by atoms with Crippen molar-refractivity contribution in [2.45, 2.75) is 58.5 Å². The highest BCUT2D eigenvalue weighted by atomic mass is 15.1. The van der Waals surface area contributed by atoms with E-state index in [1.54, 1.807) is 0 Å². The van der Waals surface area contributed by atoms with Gasteiger partial charge in [-0.1, -0.05) is 26.8 Å². The van der Waals surface area contributed by atoms with Gasteiger partial charge in [-0.15, -0.1) is 0 Å². The van der Waals surface area contributed by atoms with Crippen molar-refractivity contribution in [3.05, 3.63) is 12.3 Å². The first-order valence-corrected chi connectivity index (χ1v) is 6.41. The van der Waals surface area contributed by atoms with Crippen LogP contribution < -0.4 is 16.4 Å². The van der Waals surface area contributed by atoms with E-state index in [1.165, 1.54) is 6.42 Å². The molecule has 3 nitrogen and oxygen atoms in total. The van der Waals surface area contributed by atoms with Crippen LogP contribution in [0.5, 0.6) is 0 Å². The van der Waals surface area contributed by atoms with Crippen molar-refractivity contribution in [2.75, 3.05) is 13.1 Å². The first kappa shape index (κ1) is 15.5. The molecule has 0 aliphatic carbocycles. The second kappa shape index (κ2) is 7.69. The number of hydrogen-bond donors (Lipinski definition) is 3. The normalized spacial score (nSPS) is 18.8. The zero-order valence-electron chi connectivity index (χ0n) is 11.4. The molecule has 3 heteroatoms. The average Bonchev–Trinajstić information content (AvgIpc) is 2.19. The first-order chi connectivity index (χ1) is 7.48. The predicted octanol–water partition coefficient (Wildman–Crippen LogP) is 2.00. The van der Waals surface area contributed by atoms with Gasteiger partial charge in [0.15, 0.2) is 0 Å². The second-order valence-corrected chi connectivity index (χ2v) is 4.86. The molecule has 1 rings (SSSR count). The van der Waals surface area contributed by atoms with Gasteiger partial charge in [0, 0.05) is 11.7 Å². The van der Waals surface area contributed by atoms with Crippen molar-refractivity contribution in [1.29, 1.82) is 0 Å². The molecule has 16 heavy (non-hydrogen) atoms. The van der Waals surface area contributed by atoms with Crippen molar-refractivity contribution in [3.63, 3.8) is 0 Å². The molecular formula is C13H29N3. The molecule has 1 saturated heterocycles. The number of rotatable bonds is 3. The Morgan fingerprint density at radius 1 is 1.38 bits per heavy atom. The Labute approximate surface area is 101 Å². The predicted molar refractivity (Wildman–Crippen MR) is 72.4 cm³/mol. The summed E-state index contributed by atoms with van der Waals surface area (Å²) in [4.78, 5) is 0. The van der Waals surface area contributed by atoms with E-state index in [4.69, 9.17) is 5.73 Å². The Morgan fingerprint density at radius 3 is 2.12 bits per heavy atom. The molecule has 0 aromatic heterocycles. The van der Waals surface area contributed by atoms with E-state index >= 15 is 0 Å². The van der Waals surface area contributed by atoms with Crippen LogP contribution in [0.3, 0.4) is 0 Å². The number of nitrogens with two attached hydrogens (primary N) is 1. The van der Waals surface area contributed by atoms with Crippen LogP contribution in [0, 0.1) is 0 Å². The second-order valence-electron chi connectivity index (χ2n) is 4.86. The van der Waals surface area contributed by atoms with Gasteiger partial charge in [-0.2, -0.15) is 0 Å². The minimum absolute atomic E-state index is 0.0284. The van der Waals surface area contributed by atoms with Crippen LogP contribution in [0.4, 0.5) is 0 Å². The monoisotopic (exact) mass is 227 g/mol. The molecule has 1 fully saturated rings. The standard InChI is InChI=1S/C10H21N3.C3H8/c1-8(2)13-10(9(3)11)4-6-12-7-5-10;1-3-2/h8,12-13H,3-7,11H2,1-2H3;3H2,1-2H3. The summed E-state index contributed by atoms with van der Waals surface area (Å²) in [5.41, 5.74) is 6.62. The van der Waals surface area contributed by atoms with Crippen LogP contribution in [-0.4, -0.2) is 24.7 Å². The molecule has 0 spiro atoms. The van der Waals surface area contributed by atoms with Gasteiger partial charge in [0.1, 0.15) is 0 Å². The zero-order chi connectivity index (χ0) is 12.6. The van der Waals surface area contributed by atoms with E-state index in [0.717, 1.165) is 31.6 Å². The van der Waals surface area contributed by atoms with Gasteiger partial charge in [0.05, 0.1) is 5.54 Å². The lowest BCUT2D eigenvalue weighted by Crippen LogP contribution is -2.57. The molecule has 0 aromatic rings. The Balaban J connectivity index is 0.000000673.